The van der Waals surface area contributed by atoms with Gasteiger partial charge in [0, 0.05) is 13.0 Å². The topological polar surface area (TPSA) is 86.6 Å². The Morgan fingerprint density at radius 2 is 2.08 bits per heavy atom. The number of halogens is 1. The van der Waals surface area contributed by atoms with Gasteiger partial charge in [-0.2, -0.15) is 0 Å². The summed E-state index contributed by atoms with van der Waals surface area (Å²) in [5.41, 5.74) is -0.686. The molecule has 0 aromatic carbocycles. The van der Waals surface area contributed by atoms with Crippen molar-refractivity contribution in [3.63, 3.8) is 0 Å². The summed E-state index contributed by atoms with van der Waals surface area (Å²) in [4.78, 5) is 26.3. The fraction of sp³-hybridized carbons (Fsp3) is 0.647. The number of carbonyl (C=O) groups is 2. The van der Waals surface area contributed by atoms with E-state index in [9.17, 15) is 14.7 Å². The van der Waals surface area contributed by atoms with E-state index in [0.717, 1.165) is 30.3 Å². The molecule has 4 rings (SSSR count). The van der Waals surface area contributed by atoms with Crippen LogP contribution in [0.1, 0.15) is 55.6 Å². The van der Waals surface area contributed by atoms with Gasteiger partial charge in [0.15, 0.2) is 5.72 Å². The second-order valence-corrected chi connectivity index (χ2v) is 8.01. The molecule has 2 aliphatic heterocycles. The molecular formula is C17H23BrN4O3. The number of nitrogens with zero attached hydrogens (tertiary/aromatic N) is 2. The quantitative estimate of drug-likeness (QED) is 0.648. The molecule has 1 aliphatic carbocycles. The molecule has 3 amide bonds. The van der Waals surface area contributed by atoms with Crippen LogP contribution in [0.3, 0.4) is 0 Å². The van der Waals surface area contributed by atoms with E-state index < -0.39 is 11.8 Å². The van der Waals surface area contributed by atoms with Crippen molar-refractivity contribution in [1.29, 1.82) is 0 Å². The number of carbonyl (C=O) groups excluding carboxylic acids is 2. The monoisotopic (exact) mass is 410 g/mol. The number of hydrogen-bond acceptors (Lipinski definition) is 3. The van der Waals surface area contributed by atoms with Gasteiger partial charge in [-0.05, 0) is 34.5 Å². The van der Waals surface area contributed by atoms with Crippen LogP contribution in [-0.4, -0.2) is 50.9 Å². The first-order valence-electron chi connectivity index (χ1n) is 8.95. The molecule has 1 saturated heterocycles. The Morgan fingerprint density at radius 3 is 2.84 bits per heavy atom. The lowest BCUT2D eigenvalue weighted by Gasteiger charge is -2.32. The predicted octanol–water partition coefficient (Wildman–Crippen LogP) is 1.97. The van der Waals surface area contributed by atoms with Gasteiger partial charge in [-0.3, -0.25) is 9.69 Å². The van der Waals surface area contributed by atoms with Crippen LogP contribution in [0.4, 0.5) is 4.79 Å². The smallest absolute Gasteiger partial charge is 0.320 e. The standard InChI is InChI=1S/C17H23BrN4O3/c1-2-3-4-5-8-21-16(24)20-14-13-11(9-17(14,21)25)22-10(15(23)19-13)6-7-12(22)18/h6-7,11,13-14,25H,2-5,8-9H2,1H3,(H,19,23)(H,20,24)/t11-,13-,14+,17+/m1/s1. The van der Waals surface area contributed by atoms with Crippen LogP contribution in [-0.2, 0) is 0 Å². The highest BCUT2D eigenvalue weighted by Crippen LogP contribution is 2.47. The zero-order valence-electron chi connectivity index (χ0n) is 14.2. The largest absolute Gasteiger partial charge is 0.368 e. The highest BCUT2D eigenvalue weighted by molar-refractivity contribution is 9.10. The van der Waals surface area contributed by atoms with Gasteiger partial charge in [-0.25, -0.2) is 4.79 Å². The lowest BCUT2D eigenvalue weighted by molar-refractivity contribution is -0.0682. The fourth-order valence-corrected chi connectivity index (χ4v) is 5.12. The Kier molecular flexibility index (Phi) is 4.07. The van der Waals surface area contributed by atoms with E-state index in [1.165, 1.54) is 0 Å². The maximum Gasteiger partial charge on any atom is 0.320 e. The zero-order chi connectivity index (χ0) is 17.8. The van der Waals surface area contributed by atoms with Gasteiger partial charge >= 0.3 is 6.03 Å². The molecule has 7 nitrogen and oxygen atoms in total. The first-order valence-corrected chi connectivity index (χ1v) is 9.74. The van der Waals surface area contributed by atoms with E-state index in [1.807, 2.05) is 10.6 Å². The Hall–Kier alpha value is -1.54. The van der Waals surface area contributed by atoms with Gasteiger partial charge in [0.2, 0.25) is 0 Å². The van der Waals surface area contributed by atoms with Crippen LogP contribution in [0.25, 0.3) is 0 Å². The van der Waals surface area contributed by atoms with Crippen molar-refractivity contribution in [1.82, 2.24) is 20.1 Å². The average molecular weight is 411 g/mol. The molecule has 0 bridgehead atoms. The first kappa shape index (κ1) is 16.9. The summed E-state index contributed by atoms with van der Waals surface area (Å²) in [5.74, 6) is -0.174. The average Bonchev–Trinajstić information content (AvgIpc) is 3.15. The Bertz CT molecular complexity index is 721. The van der Waals surface area contributed by atoms with E-state index >= 15 is 0 Å². The summed E-state index contributed by atoms with van der Waals surface area (Å²) in [6.07, 6.45) is 4.56. The fourth-order valence-electron chi connectivity index (χ4n) is 4.54. The van der Waals surface area contributed by atoms with Gasteiger partial charge in [-0.15, -0.1) is 0 Å². The first-order chi connectivity index (χ1) is 12.0. The summed E-state index contributed by atoms with van der Waals surface area (Å²) in [5, 5.41) is 17.2. The van der Waals surface area contributed by atoms with E-state index in [0.29, 0.717) is 18.7 Å². The number of amides is 3. The van der Waals surface area contributed by atoms with Crippen molar-refractivity contribution in [2.45, 2.75) is 62.9 Å². The van der Waals surface area contributed by atoms with Gasteiger partial charge in [-0.1, -0.05) is 26.2 Å². The molecule has 0 spiro atoms. The van der Waals surface area contributed by atoms with Crippen LogP contribution < -0.4 is 10.6 Å². The highest BCUT2D eigenvalue weighted by atomic mass is 79.9. The Balaban J connectivity index is 1.60. The minimum absolute atomic E-state index is 0.0918. The second kappa shape index (κ2) is 6.02. The lowest BCUT2D eigenvalue weighted by Crippen LogP contribution is -2.56. The number of rotatable bonds is 5. The van der Waals surface area contributed by atoms with Crippen molar-refractivity contribution in [2.24, 2.45) is 0 Å². The lowest BCUT2D eigenvalue weighted by atomic mass is 10.0. The minimum atomic E-state index is -1.27. The molecule has 3 N–H and O–H groups in total. The van der Waals surface area contributed by atoms with Gasteiger partial charge in [0.1, 0.15) is 11.7 Å². The van der Waals surface area contributed by atoms with Gasteiger partial charge < -0.3 is 20.3 Å². The summed E-state index contributed by atoms with van der Waals surface area (Å²) < 4.78 is 2.75. The molecule has 0 unspecified atom stereocenters. The molecular weight excluding hydrogens is 388 g/mol. The molecule has 2 fully saturated rings. The van der Waals surface area contributed by atoms with Gasteiger partial charge in [0.05, 0.1) is 16.7 Å². The van der Waals surface area contributed by atoms with E-state index in [4.69, 9.17) is 0 Å². The number of urea groups is 1. The summed E-state index contributed by atoms with van der Waals surface area (Å²) in [6, 6.07) is 2.46. The van der Waals surface area contributed by atoms with Crippen molar-refractivity contribution in [3.05, 3.63) is 22.4 Å². The molecule has 25 heavy (non-hydrogen) atoms. The zero-order valence-corrected chi connectivity index (χ0v) is 15.8. The van der Waals surface area contributed by atoms with Crippen LogP contribution in [0.2, 0.25) is 0 Å². The number of aromatic nitrogens is 1. The second-order valence-electron chi connectivity index (χ2n) is 7.20. The molecule has 1 saturated carbocycles. The van der Waals surface area contributed by atoms with Crippen molar-refractivity contribution >= 4 is 27.9 Å². The number of nitrogens with one attached hydrogen (secondary N) is 2. The van der Waals surface area contributed by atoms with Crippen LogP contribution in [0.5, 0.6) is 0 Å². The van der Waals surface area contributed by atoms with Crippen LogP contribution in [0, 0.1) is 0 Å². The molecule has 0 radical (unpaired) electrons. The number of fused-ring (bicyclic) bond motifs is 5. The third-order valence-electron chi connectivity index (χ3n) is 5.74. The molecule has 3 heterocycles. The van der Waals surface area contributed by atoms with E-state index in [-0.39, 0.29) is 24.0 Å². The SMILES string of the molecule is CCCCCCN1C(=O)N[C@H]2[C@@H]3NC(=O)c4ccc(Br)n4[C@@H]3C[C@]21O. The van der Waals surface area contributed by atoms with Crippen LogP contribution >= 0.6 is 15.9 Å². The van der Waals surface area contributed by atoms with Crippen molar-refractivity contribution in [2.75, 3.05) is 6.54 Å². The molecule has 1 aromatic heterocycles. The molecule has 4 atom stereocenters. The number of aliphatic hydroxyl groups is 1. The predicted molar refractivity (Wildman–Crippen MR) is 95.2 cm³/mol. The maximum absolute atomic E-state index is 12.4. The van der Waals surface area contributed by atoms with Crippen molar-refractivity contribution in [3.8, 4) is 0 Å². The summed E-state index contributed by atoms with van der Waals surface area (Å²) in [6.45, 7) is 2.68. The summed E-state index contributed by atoms with van der Waals surface area (Å²) >= 11 is 3.50. The number of unbranched alkanes of at least 4 members (excludes halogenated alkanes) is 3. The molecule has 1 aromatic rings. The van der Waals surface area contributed by atoms with Gasteiger partial charge in [0.25, 0.3) is 5.91 Å². The molecule has 3 aliphatic rings. The van der Waals surface area contributed by atoms with E-state index in [2.05, 4.69) is 33.5 Å². The van der Waals surface area contributed by atoms with Crippen molar-refractivity contribution < 1.29 is 14.7 Å². The van der Waals surface area contributed by atoms with E-state index in [1.54, 1.807) is 11.0 Å². The molecule has 136 valence electrons. The maximum atomic E-state index is 12.4. The number of hydrogen-bond donors (Lipinski definition) is 3. The minimum Gasteiger partial charge on any atom is -0.368 e. The highest BCUT2D eigenvalue weighted by Gasteiger charge is 2.64. The van der Waals surface area contributed by atoms with Crippen LogP contribution in [0.15, 0.2) is 16.7 Å². The Labute approximate surface area is 154 Å². The normalized spacial score (nSPS) is 32.9. The Morgan fingerprint density at radius 1 is 1.28 bits per heavy atom. The third kappa shape index (κ3) is 2.41. The summed E-state index contributed by atoms with van der Waals surface area (Å²) in [7, 11) is 0. The third-order valence-corrected chi connectivity index (χ3v) is 6.38. The molecule has 8 heteroatoms.